The first-order valence-electron chi connectivity index (χ1n) is 11.6. The lowest BCUT2D eigenvalue weighted by molar-refractivity contribution is -0.121. The van der Waals surface area contributed by atoms with Crippen LogP contribution in [-0.4, -0.2) is 33.4 Å². The summed E-state index contributed by atoms with van der Waals surface area (Å²) in [5.41, 5.74) is 3.77. The zero-order valence-corrected chi connectivity index (χ0v) is 21.3. The van der Waals surface area contributed by atoms with E-state index < -0.39 is 0 Å². The molecule has 1 aliphatic heterocycles. The van der Waals surface area contributed by atoms with Gasteiger partial charge < -0.3 is 9.88 Å². The van der Waals surface area contributed by atoms with Crippen molar-refractivity contribution >= 4 is 57.4 Å². The average molecular weight is 528 g/mol. The topological polar surface area (TPSA) is 50.2 Å². The van der Waals surface area contributed by atoms with Gasteiger partial charge in [-0.25, -0.2) is 4.98 Å². The molecule has 1 atom stereocenters. The van der Waals surface area contributed by atoms with Crippen LogP contribution in [0, 0.1) is 5.92 Å². The number of carbonyl (C=O) groups excluding carboxylic acids is 1. The number of imidazole rings is 1. The number of para-hydroxylation sites is 2. The lowest BCUT2D eigenvalue weighted by Crippen LogP contribution is -2.40. The third-order valence-corrected chi connectivity index (χ3v) is 7.23. The smallest absolute Gasteiger partial charge is 0.228 e. The molecule has 1 N–H and O–H groups in total. The van der Waals surface area contributed by atoms with Gasteiger partial charge in [0, 0.05) is 23.1 Å². The normalized spacial score (nSPS) is 16.5. The van der Waals surface area contributed by atoms with Crippen LogP contribution < -0.4 is 5.32 Å². The molecule has 0 unspecified atom stereocenters. The highest BCUT2D eigenvalue weighted by Crippen LogP contribution is 2.28. The zero-order valence-electron chi connectivity index (χ0n) is 19.1. The van der Waals surface area contributed by atoms with Crippen molar-refractivity contribution in [2.45, 2.75) is 25.9 Å². The Labute approximate surface area is 219 Å². The minimum absolute atomic E-state index is 0.0338. The van der Waals surface area contributed by atoms with Crippen LogP contribution in [0.5, 0.6) is 0 Å². The predicted molar refractivity (Wildman–Crippen MR) is 143 cm³/mol. The lowest BCUT2D eigenvalue weighted by Gasteiger charge is -2.32. The Bertz CT molecular complexity index is 1350. The third-order valence-electron chi connectivity index (χ3n) is 6.42. The van der Waals surface area contributed by atoms with E-state index in [9.17, 15) is 4.79 Å². The Hall–Kier alpha value is -2.57. The molecule has 5 nitrogen and oxygen atoms in total. The van der Waals surface area contributed by atoms with Crippen molar-refractivity contribution < 1.29 is 4.79 Å². The fourth-order valence-electron chi connectivity index (χ4n) is 4.64. The van der Waals surface area contributed by atoms with Crippen LogP contribution in [0.4, 0.5) is 5.69 Å². The number of likely N-dealkylation sites (tertiary alicyclic amines) is 1. The van der Waals surface area contributed by atoms with E-state index in [4.69, 9.17) is 39.8 Å². The summed E-state index contributed by atoms with van der Waals surface area (Å²) in [6.07, 6.45) is 1.78. The highest BCUT2D eigenvalue weighted by atomic mass is 35.5. The molecule has 0 aliphatic carbocycles. The van der Waals surface area contributed by atoms with Gasteiger partial charge in [-0.2, -0.15) is 0 Å². The van der Waals surface area contributed by atoms with Gasteiger partial charge >= 0.3 is 0 Å². The molecule has 0 bridgehead atoms. The molecule has 4 aromatic rings. The molecule has 1 fully saturated rings. The fourth-order valence-corrected chi connectivity index (χ4v) is 5.10. The molecule has 0 radical (unpaired) electrons. The number of fused-ring (bicyclic) bond motifs is 1. The van der Waals surface area contributed by atoms with E-state index >= 15 is 0 Å². The molecular formula is C27H25Cl3N4O. The molecule has 3 aromatic carbocycles. The summed E-state index contributed by atoms with van der Waals surface area (Å²) in [5, 5.41) is 4.70. The van der Waals surface area contributed by atoms with Gasteiger partial charge in [-0.3, -0.25) is 9.69 Å². The van der Waals surface area contributed by atoms with Gasteiger partial charge in [-0.05, 0) is 67.4 Å². The Morgan fingerprint density at radius 2 is 1.74 bits per heavy atom. The molecule has 35 heavy (non-hydrogen) atoms. The number of hydrogen-bond donors (Lipinski definition) is 1. The van der Waals surface area contributed by atoms with Crippen LogP contribution in [0.1, 0.15) is 24.2 Å². The minimum atomic E-state index is -0.132. The van der Waals surface area contributed by atoms with Crippen molar-refractivity contribution in [3.05, 3.63) is 93.2 Å². The molecule has 0 spiro atoms. The lowest BCUT2D eigenvalue weighted by atomic mass is 9.97. The van der Waals surface area contributed by atoms with Crippen molar-refractivity contribution in [2.24, 2.45) is 5.92 Å². The van der Waals surface area contributed by atoms with Crippen LogP contribution in [0.2, 0.25) is 15.1 Å². The van der Waals surface area contributed by atoms with Gasteiger partial charge in [0.1, 0.15) is 5.82 Å². The molecule has 0 saturated carbocycles. The van der Waals surface area contributed by atoms with E-state index in [0.29, 0.717) is 35.4 Å². The maximum Gasteiger partial charge on any atom is 0.228 e. The summed E-state index contributed by atoms with van der Waals surface area (Å²) in [7, 11) is 0. The standard InChI is InChI=1S/C27H25Cl3N4O/c28-20-9-7-18(8-10-20)15-34-25-6-2-1-5-23(25)31-26(34)17-33-13-3-4-19(16-33)27(35)32-24-14-21(29)11-12-22(24)30/h1-2,5-12,14,19H,3-4,13,15-17H2,(H,32,35)/t19-/m0/s1. The van der Waals surface area contributed by atoms with Gasteiger partial charge in [0.25, 0.3) is 0 Å². The summed E-state index contributed by atoms with van der Waals surface area (Å²) in [6.45, 7) is 2.96. The Balaban J connectivity index is 1.33. The summed E-state index contributed by atoms with van der Waals surface area (Å²) < 4.78 is 2.26. The molecule has 8 heteroatoms. The van der Waals surface area contributed by atoms with E-state index in [1.54, 1.807) is 18.2 Å². The quantitative estimate of drug-likeness (QED) is 0.297. The number of nitrogens with one attached hydrogen (secondary N) is 1. The number of amides is 1. The second-order valence-corrected chi connectivity index (χ2v) is 10.2. The number of benzene rings is 3. The van der Waals surface area contributed by atoms with Crippen molar-refractivity contribution in [1.29, 1.82) is 0 Å². The number of hydrogen-bond acceptors (Lipinski definition) is 3. The van der Waals surface area contributed by atoms with Crippen molar-refractivity contribution in [2.75, 3.05) is 18.4 Å². The third kappa shape index (κ3) is 5.65. The van der Waals surface area contributed by atoms with Crippen LogP contribution in [0.3, 0.4) is 0 Å². The second-order valence-electron chi connectivity index (χ2n) is 8.92. The molecule has 1 aliphatic rings. The number of nitrogens with zero attached hydrogens (tertiary/aromatic N) is 3. The molecule has 1 aromatic heterocycles. The van der Waals surface area contributed by atoms with E-state index in [1.165, 1.54) is 0 Å². The van der Waals surface area contributed by atoms with Gasteiger partial charge in [0.15, 0.2) is 0 Å². The SMILES string of the molecule is O=C(Nc1cc(Cl)ccc1Cl)[C@H]1CCCN(Cc2nc3ccccc3n2Cc2ccc(Cl)cc2)C1. The molecular weight excluding hydrogens is 503 g/mol. The number of aromatic nitrogens is 2. The zero-order chi connectivity index (χ0) is 24.4. The van der Waals surface area contributed by atoms with Crippen molar-refractivity contribution in [3.8, 4) is 0 Å². The summed E-state index contributed by atoms with van der Waals surface area (Å²) in [5.74, 6) is 0.821. The first kappa shape index (κ1) is 24.1. The Morgan fingerprint density at radius 3 is 2.57 bits per heavy atom. The Kier molecular flexibility index (Phi) is 7.30. The number of carbonyl (C=O) groups is 1. The highest BCUT2D eigenvalue weighted by molar-refractivity contribution is 6.35. The summed E-state index contributed by atoms with van der Waals surface area (Å²) in [6, 6.07) is 21.2. The van der Waals surface area contributed by atoms with Gasteiger partial charge in [-0.15, -0.1) is 0 Å². The molecule has 1 saturated heterocycles. The highest BCUT2D eigenvalue weighted by Gasteiger charge is 2.27. The van der Waals surface area contributed by atoms with Gasteiger partial charge in [-0.1, -0.05) is 59.1 Å². The van der Waals surface area contributed by atoms with Crippen LogP contribution in [-0.2, 0) is 17.9 Å². The molecule has 1 amide bonds. The van der Waals surface area contributed by atoms with E-state index in [0.717, 1.165) is 46.8 Å². The summed E-state index contributed by atoms with van der Waals surface area (Å²) in [4.78, 5) is 20.3. The van der Waals surface area contributed by atoms with Gasteiger partial charge in [0.2, 0.25) is 5.91 Å². The van der Waals surface area contributed by atoms with Crippen LogP contribution in [0.25, 0.3) is 11.0 Å². The number of rotatable bonds is 6. The Morgan fingerprint density at radius 1 is 0.971 bits per heavy atom. The first-order valence-corrected chi connectivity index (χ1v) is 12.8. The van der Waals surface area contributed by atoms with Crippen molar-refractivity contribution in [3.63, 3.8) is 0 Å². The van der Waals surface area contributed by atoms with E-state index in [1.807, 2.05) is 42.5 Å². The predicted octanol–water partition coefficient (Wildman–Crippen LogP) is 6.90. The van der Waals surface area contributed by atoms with Crippen molar-refractivity contribution in [1.82, 2.24) is 14.5 Å². The second kappa shape index (κ2) is 10.6. The minimum Gasteiger partial charge on any atom is -0.324 e. The number of halogens is 3. The number of piperidine rings is 1. The van der Waals surface area contributed by atoms with Crippen LogP contribution in [0.15, 0.2) is 66.7 Å². The summed E-state index contributed by atoms with van der Waals surface area (Å²) >= 11 is 18.4. The fraction of sp³-hybridized carbons (Fsp3) is 0.259. The van der Waals surface area contributed by atoms with Gasteiger partial charge in [0.05, 0.1) is 34.2 Å². The average Bonchev–Trinajstić information content (AvgIpc) is 3.19. The largest absolute Gasteiger partial charge is 0.324 e. The monoisotopic (exact) mass is 526 g/mol. The van der Waals surface area contributed by atoms with E-state index in [-0.39, 0.29) is 11.8 Å². The van der Waals surface area contributed by atoms with Crippen LogP contribution >= 0.6 is 34.8 Å². The molecule has 2 heterocycles. The van der Waals surface area contributed by atoms with E-state index in [2.05, 4.69) is 20.9 Å². The molecule has 5 rings (SSSR count). The first-order chi connectivity index (χ1) is 17.0. The maximum absolute atomic E-state index is 13.0. The maximum atomic E-state index is 13.0. The molecule has 180 valence electrons. The number of anilines is 1.